The summed E-state index contributed by atoms with van der Waals surface area (Å²) in [7, 11) is 0. The Hall–Kier alpha value is -3.11. The van der Waals surface area contributed by atoms with Gasteiger partial charge in [-0.2, -0.15) is 0 Å². The zero-order valence-corrected chi connectivity index (χ0v) is 18.0. The van der Waals surface area contributed by atoms with Gasteiger partial charge in [0.25, 0.3) is 5.91 Å². The number of halogens is 1. The van der Waals surface area contributed by atoms with Crippen LogP contribution in [0.3, 0.4) is 0 Å². The topological polar surface area (TPSA) is 49.4 Å². The van der Waals surface area contributed by atoms with Crippen molar-refractivity contribution in [2.24, 2.45) is 0 Å². The van der Waals surface area contributed by atoms with Crippen molar-refractivity contribution in [3.63, 3.8) is 0 Å². The van der Waals surface area contributed by atoms with E-state index in [1.165, 1.54) is 0 Å². The number of nitrogens with zero attached hydrogens (tertiary/aromatic N) is 1. The summed E-state index contributed by atoms with van der Waals surface area (Å²) < 4.78 is 0. The van der Waals surface area contributed by atoms with E-state index in [1.807, 2.05) is 83.8 Å². The molecular weight excluding hydrogens is 408 g/mol. The van der Waals surface area contributed by atoms with Gasteiger partial charge in [-0.1, -0.05) is 66.2 Å². The lowest BCUT2D eigenvalue weighted by atomic mass is 10.0. The van der Waals surface area contributed by atoms with Gasteiger partial charge in [0.1, 0.15) is 6.04 Å². The van der Waals surface area contributed by atoms with Gasteiger partial charge < -0.3 is 10.2 Å². The minimum absolute atomic E-state index is 0.0262. The zero-order valence-electron chi connectivity index (χ0n) is 17.3. The fraction of sp³-hybridized carbons (Fsp3) is 0.231. The molecule has 1 aliphatic rings. The Morgan fingerprint density at radius 2 is 1.58 bits per heavy atom. The van der Waals surface area contributed by atoms with Crippen LogP contribution in [-0.2, 0) is 11.3 Å². The fourth-order valence-corrected chi connectivity index (χ4v) is 4.02. The second-order valence-electron chi connectivity index (χ2n) is 7.85. The van der Waals surface area contributed by atoms with Crippen LogP contribution in [0.25, 0.3) is 11.1 Å². The van der Waals surface area contributed by atoms with Crippen LogP contribution in [-0.4, -0.2) is 29.3 Å². The summed E-state index contributed by atoms with van der Waals surface area (Å²) >= 11 is 5.96. The molecule has 1 saturated heterocycles. The smallest absolute Gasteiger partial charge is 0.251 e. The molecule has 0 aliphatic carbocycles. The largest absolute Gasteiger partial charge is 0.340 e. The lowest BCUT2D eigenvalue weighted by Gasteiger charge is -2.25. The van der Waals surface area contributed by atoms with Crippen LogP contribution in [0.2, 0.25) is 5.02 Å². The van der Waals surface area contributed by atoms with Crippen LogP contribution in [0.5, 0.6) is 0 Å². The Kier molecular flexibility index (Phi) is 6.68. The number of nitrogens with one attached hydrogen (secondary N) is 1. The van der Waals surface area contributed by atoms with E-state index in [2.05, 4.69) is 5.32 Å². The minimum atomic E-state index is -0.504. The molecule has 1 heterocycles. The summed E-state index contributed by atoms with van der Waals surface area (Å²) in [5.41, 5.74) is 3.74. The molecule has 0 spiro atoms. The van der Waals surface area contributed by atoms with Gasteiger partial charge in [-0.25, -0.2) is 0 Å². The van der Waals surface area contributed by atoms with Crippen molar-refractivity contribution in [3.05, 3.63) is 95.0 Å². The molecule has 0 saturated carbocycles. The minimum Gasteiger partial charge on any atom is -0.340 e. The van der Waals surface area contributed by atoms with Gasteiger partial charge in [-0.05, 0) is 60.2 Å². The maximum atomic E-state index is 13.1. The highest BCUT2D eigenvalue weighted by atomic mass is 35.5. The van der Waals surface area contributed by atoms with Crippen molar-refractivity contribution in [3.8, 4) is 11.1 Å². The number of amides is 2. The van der Waals surface area contributed by atoms with Gasteiger partial charge in [0.2, 0.25) is 5.91 Å². The van der Waals surface area contributed by atoms with Gasteiger partial charge in [0, 0.05) is 23.7 Å². The Morgan fingerprint density at radius 1 is 0.903 bits per heavy atom. The average Bonchev–Trinajstić information content (AvgIpc) is 2.97. The van der Waals surface area contributed by atoms with E-state index < -0.39 is 6.04 Å². The highest BCUT2D eigenvalue weighted by Crippen LogP contribution is 2.20. The highest BCUT2D eigenvalue weighted by molar-refractivity contribution is 6.30. The SMILES string of the molecule is O=C(NC1CCCCN(Cc2ccc(Cl)cc2)C1=O)c1ccc(-c2ccccc2)cc1. The first-order valence-corrected chi connectivity index (χ1v) is 11.0. The van der Waals surface area contributed by atoms with Crippen LogP contribution in [0.1, 0.15) is 35.2 Å². The van der Waals surface area contributed by atoms with E-state index in [0.717, 1.165) is 29.5 Å². The van der Waals surface area contributed by atoms with E-state index in [0.29, 0.717) is 30.1 Å². The molecule has 2 amide bonds. The number of rotatable bonds is 5. The first-order chi connectivity index (χ1) is 15.1. The Bertz CT molecular complexity index is 1030. The average molecular weight is 433 g/mol. The predicted octanol–water partition coefficient (Wildman–Crippen LogP) is 5.32. The molecule has 31 heavy (non-hydrogen) atoms. The van der Waals surface area contributed by atoms with Crippen molar-refractivity contribution in [2.75, 3.05) is 6.54 Å². The van der Waals surface area contributed by atoms with Crippen molar-refractivity contribution in [1.82, 2.24) is 10.2 Å². The molecule has 1 aliphatic heterocycles. The number of hydrogen-bond donors (Lipinski definition) is 1. The second-order valence-corrected chi connectivity index (χ2v) is 8.29. The maximum Gasteiger partial charge on any atom is 0.251 e. The molecule has 0 bridgehead atoms. The maximum absolute atomic E-state index is 13.1. The number of benzene rings is 3. The molecule has 1 N–H and O–H groups in total. The summed E-state index contributed by atoms with van der Waals surface area (Å²) in [5.74, 6) is -0.243. The second kappa shape index (κ2) is 9.80. The quantitative estimate of drug-likeness (QED) is 0.593. The lowest BCUT2D eigenvalue weighted by molar-refractivity contribution is -0.133. The molecule has 1 unspecified atom stereocenters. The van der Waals surface area contributed by atoms with Crippen molar-refractivity contribution in [1.29, 1.82) is 0 Å². The molecule has 4 rings (SSSR count). The van der Waals surface area contributed by atoms with E-state index >= 15 is 0 Å². The van der Waals surface area contributed by atoms with Crippen molar-refractivity contribution < 1.29 is 9.59 Å². The van der Waals surface area contributed by atoms with Crippen LogP contribution < -0.4 is 5.32 Å². The molecule has 3 aromatic carbocycles. The van der Waals surface area contributed by atoms with Gasteiger partial charge in [0.05, 0.1) is 0 Å². The zero-order chi connectivity index (χ0) is 21.6. The Morgan fingerprint density at radius 3 is 2.29 bits per heavy atom. The number of carbonyl (C=O) groups is 2. The summed E-state index contributed by atoms with van der Waals surface area (Å²) in [5, 5.41) is 3.63. The highest BCUT2D eigenvalue weighted by Gasteiger charge is 2.28. The summed E-state index contributed by atoms with van der Waals surface area (Å²) in [6.45, 7) is 1.22. The first kappa shape index (κ1) is 21.1. The Balaban J connectivity index is 1.42. The summed E-state index contributed by atoms with van der Waals surface area (Å²) in [6.07, 6.45) is 2.49. The third-order valence-corrected chi connectivity index (χ3v) is 5.88. The van der Waals surface area contributed by atoms with Crippen LogP contribution in [0.15, 0.2) is 78.9 Å². The van der Waals surface area contributed by atoms with E-state index in [-0.39, 0.29) is 11.8 Å². The van der Waals surface area contributed by atoms with Gasteiger partial charge >= 0.3 is 0 Å². The molecular formula is C26H25ClN2O2. The molecule has 0 radical (unpaired) electrons. The molecule has 1 atom stereocenters. The third kappa shape index (κ3) is 5.33. The number of likely N-dealkylation sites (tertiary alicyclic amines) is 1. The van der Waals surface area contributed by atoms with Crippen molar-refractivity contribution in [2.45, 2.75) is 31.8 Å². The number of hydrogen-bond acceptors (Lipinski definition) is 2. The molecule has 0 aromatic heterocycles. The van der Waals surface area contributed by atoms with E-state index in [4.69, 9.17) is 11.6 Å². The standard InChI is InChI=1S/C26H25ClN2O2/c27-23-15-9-19(10-16-23)18-29-17-5-4-8-24(26(29)31)28-25(30)22-13-11-21(12-14-22)20-6-2-1-3-7-20/h1-3,6-7,9-16,24H,4-5,8,17-18H2,(H,28,30). The van der Waals surface area contributed by atoms with Crippen LogP contribution >= 0.6 is 11.6 Å². The Labute approximate surface area is 187 Å². The predicted molar refractivity (Wildman–Crippen MR) is 124 cm³/mol. The normalized spacial score (nSPS) is 16.6. The molecule has 3 aromatic rings. The first-order valence-electron chi connectivity index (χ1n) is 10.6. The van der Waals surface area contributed by atoms with Gasteiger partial charge in [0.15, 0.2) is 0 Å². The van der Waals surface area contributed by atoms with E-state index in [9.17, 15) is 9.59 Å². The molecule has 4 nitrogen and oxygen atoms in total. The lowest BCUT2D eigenvalue weighted by Crippen LogP contribution is -2.47. The molecule has 158 valence electrons. The van der Waals surface area contributed by atoms with Crippen LogP contribution in [0.4, 0.5) is 0 Å². The van der Waals surface area contributed by atoms with Gasteiger partial charge in [-0.3, -0.25) is 9.59 Å². The van der Waals surface area contributed by atoms with Crippen molar-refractivity contribution >= 4 is 23.4 Å². The monoisotopic (exact) mass is 432 g/mol. The third-order valence-electron chi connectivity index (χ3n) is 5.63. The molecule has 5 heteroatoms. The molecule has 1 fully saturated rings. The van der Waals surface area contributed by atoms with E-state index in [1.54, 1.807) is 0 Å². The fourth-order valence-electron chi connectivity index (χ4n) is 3.89. The number of carbonyl (C=O) groups excluding carboxylic acids is 2. The summed E-state index contributed by atoms with van der Waals surface area (Å²) in [6, 6.07) is 24.5. The van der Waals surface area contributed by atoms with Crippen LogP contribution in [0, 0.1) is 0 Å². The summed E-state index contributed by atoms with van der Waals surface area (Å²) in [4.78, 5) is 27.8. The van der Waals surface area contributed by atoms with Gasteiger partial charge in [-0.15, -0.1) is 0 Å².